The van der Waals surface area contributed by atoms with Gasteiger partial charge < -0.3 is 4.98 Å². The van der Waals surface area contributed by atoms with E-state index in [1.165, 1.54) is 6.08 Å². The summed E-state index contributed by atoms with van der Waals surface area (Å²) in [6, 6.07) is 5.64. The molecular weight excluding hydrogens is 245 g/mol. The fourth-order valence-electron chi connectivity index (χ4n) is 1.50. The van der Waals surface area contributed by atoms with Crippen LogP contribution in [0.5, 0.6) is 0 Å². The van der Waals surface area contributed by atoms with Crippen LogP contribution in [-0.2, 0) is 4.79 Å². The highest BCUT2D eigenvalue weighted by Crippen LogP contribution is 2.25. The van der Waals surface area contributed by atoms with Crippen molar-refractivity contribution in [1.29, 1.82) is 0 Å². The van der Waals surface area contributed by atoms with Crippen molar-refractivity contribution in [3.8, 4) is 0 Å². The Morgan fingerprint density at radius 3 is 3.00 bits per heavy atom. The minimum absolute atomic E-state index is 0.000385. The van der Waals surface area contributed by atoms with Gasteiger partial charge >= 0.3 is 0 Å². The van der Waals surface area contributed by atoms with Crippen LogP contribution in [0, 0.1) is 0 Å². The zero-order valence-corrected chi connectivity index (χ0v) is 9.85. The van der Waals surface area contributed by atoms with Gasteiger partial charge in [-0.15, -0.1) is 11.6 Å². The van der Waals surface area contributed by atoms with Crippen LogP contribution in [-0.4, -0.2) is 16.6 Å². The average molecular weight is 254 g/mol. The molecule has 1 heterocycles. The van der Waals surface area contributed by atoms with Gasteiger partial charge in [0, 0.05) is 11.6 Å². The van der Waals surface area contributed by atoms with E-state index in [2.05, 4.69) is 4.98 Å². The molecule has 1 N–H and O–H groups in total. The summed E-state index contributed by atoms with van der Waals surface area (Å²) in [6.07, 6.45) is 5.02. The number of rotatable bonds is 3. The van der Waals surface area contributed by atoms with Crippen molar-refractivity contribution in [2.75, 3.05) is 5.88 Å². The van der Waals surface area contributed by atoms with Crippen molar-refractivity contribution >= 4 is 46.0 Å². The quantitative estimate of drug-likeness (QED) is 0.658. The molecule has 0 aliphatic carbocycles. The Kier molecular flexibility index (Phi) is 3.32. The van der Waals surface area contributed by atoms with Crippen LogP contribution in [0.25, 0.3) is 17.0 Å². The molecule has 0 radical (unpaired) electrons. The third-order valence-corrected chi connectivity index (χ3v) is 2.86. The summed E-state index contributed by atoms with van der Waals surface area (Å²) < 4.78 is 0. The first kappa shape index (κ1) is 11.2. The molecular formula is C12H9Cl2NO. The zero-order chi connectivity index (χ0) is 11.5. The molecule has 2 nitrogen and oxygen atoms in total. The highest BCUT2D eigenvalue weighted by molar-refractivity contribution is 6.35. The standard InChI is InChI=1S/C12H9Cl2NO/c13-6-9(16)5-4-8-7-15-12-10(8)2-1-3-11(12)14/h1-5,7,15H,6H2/b5-4+. The molecule has 1 aromatic carbocycles. The van der Waals surface area contributed by atoms with Gasteiger partial charge in [-0.2, -0.15) is 0 Å². The van der Waals surface area contributed by atoms with E-state index in [0.717, 1.165) is 16.5 Å². The van der Waals surface area contributed by atoms with Gasteiger partial charge in [0.1, 0.15) is 0 Å². The number of allylic oxidation sites excluding steroid dienone is 1. The van der Waals surface area contributed by atoms with Gasteiger partial charge in [-0.3, -0.25) is 4.79 Å². The monoisotopic (exact) mass is 253 g/mol. The summed E-state index contributed by atoms with van der Waals surface area (Å²) in [5.74, 6) is -0.113. The number of H-pyrrole nitrogens is 1. The van der Waals surface area contributed by atoms with E-state index in [9.17, 15) is 4.79 Å². The predicted molar refractivity (Wildman–Crippen MR) is 68.1 cm³/mol. The smallest absolute Gasteiger partial charge is 0.170 e. The Labute approximate surface area is 103 Å². The van der Waals surface area contributed by atoms with E-state index in [-0.39, 0.29) is 11.7 Å². The third kappa shape index (κ3) is 2.13. The Bertz CT molecular complexity index is 557. The number of carbonyl (C=O) groups excluding carboxylic acids is 1. The number of hydrogen-bond acceptors (Lipinski definition) is 1. The topological polar surface area (TPSA) is 32.9 Å². The van der Waals surface area contributed by atoms with Crippen LogP contribution in [0.1, 0.15) is 5.56 Å². The molecule has 16 heavy (non-hydrogen) atoms. The molecule has 0 spiro atoms. The summed E-state index contributed by atoms with van der Waals surface area (Å²) in [7, 11) is 0. The number of halogens is 2. The lowest BCUT2D eigenvalue weighted by atomic mass is 10.1. The number of para-hydroxylation sites is 1. The minimum atomic E-state index is -0.113. The summed E-state index contributed by atoms with van der Waals surface area (Å²) >= 11 is 11.4. The predicted octanol–water partition coefficient (Wildman–Crippen LogP) is 3.64. The maximum absolute atomic E-state index is 11.1. The van der Waals surface area contributed by atoms with Crippen molar-refractivity contribution in [3.05, 3.63) is 41.1 Å². The molecule has 0 aliphatic rings. The summed E-state index contributed by atoms with van der Waals surface area (Å²) in [5, 5.41) is 1.66. The molecule has 1 aromatic heterocycles. The van der Waals surface area contributed by atoms with Crippen LogP contribution in [0.15, 0.2) is 30.5 Å². The number of fused-ring (bicyclic) bond motifs is 1. The van der Waals surface area contributed by atoms with E-state index in [1.807, 2.05) is 24.4 Å². The van der Waals surface area contributed by atoms with Crippen molar-refractivity contribution in [2.45, 2.75) is 0 Å². The molecule has 0 saturated carbocycles. The van der Waals surface area contributed by atoms with E-state index >= 15 is 0 Å². The van der Waals surface area contributed by atoms with Crippen molar-refractivity contribution < 1.29 is 4.79 Å². The minimum Gasteiger partial charge on any atom is -0.359 e. The lowest BCUT2D eigenvalue weighted by molar-refractivity contribution is -0.112. The molecule has 0 bridgehead atoms. The maximum Gasteiger partial charge on any atom is 0.170 e. The number of nitrogens with one attached hydrogen (secondary N) is 1. The first-order chi connectivity index (χ1) is 7.72. The van der Waals surface area contributed by atoms with Crippen LogP contribution >= 0.6 is 23.2 Å². The van der Waals surface area contributed by atoms with Crippen LogP contribution < -0.4 is 0 Å². The SMILES string of the molecule is O=C(/C=C/c1c[nH]c2c(Cl)cccc12)CCl. The maximum atomic E-state index is 11.1. The number of ketones is 1. The van der Waals surface area contributed by atoms with Crippen LogP contribution in [0.3, 0.4) is 0 Å². The third-order valence-electron chi connectivity index (χ3n) is 2.28. The number of aromatic nitrogens is 1. The van der Waals surface area contributed by atoms with Crippen molar-refractivity contribution in [2.24, 2.45) is 0 Å². The van der Waals surface area contributed by atoms with Gasteiger partial charge in [-0.1, -0.05) is 23.7 Å². The molecule has 0 unspecified atom stereocenters. The van der Waals surface area contributed by atoms with Crippen molar-refractivity contribution in [3.63, 3.8) is 0 Å². The van der Waals surface area contributed by atoms with E-state index < -0.39 is 0 Å². The molecule has 2 rings (SSSR count). The first-order valence-electron chi connectivity index (χ1n) is 4.75. The second kappa shape index (κ2) is 4.73. The molecule has 0 atom stereocenters. The van der Waals surface area contributed by atoms with Gasteiger partial charge in [0.05, 0.1) is 16.4 Å². The van der Waals surface area contributed by atoms with Gasteiger partial charge in [-0.25, -0.2) is 0 Å². The number of hydrogen-bond donors (Lipinski definition) is 1. The number of benzene rings is 1. The lowest BCUT2D eigenvalue weighted by Crippen LogP contribution is -1.91. The van der Waals surface area contributed by atoms with E-state index in [0.29, 0.717) is 5.02 Å². The van der Waals surface area contributed by atoms with E-state index in [4.69, 9.17) is 23.2 Å². The Balaban J connectivity index is 2.43. The van der Waals surface area contributed by atoms with Crippen molar-refractivity contribution in [1.82, 2.24) is 4.98 Å². The summed E-state index contributed by atoms with van der Waals surface area (Å²) in [6.45, 7) is 0. The largest absolute Gasteiger partial charge is 0.359 e. The molecule has 4 heteroatoms. The van der Waals surface area contributed by atoms with E-state index in [1.54, 1.807) is 6.08 Å². The Hall–Kier alpha value is -1.25. The number of aromatic amines is 1. The molecule has 82 valence electrons. The molecule has 0 amide bonds. The number of alkyl halides is 1. The number of carbonyl (C=O) groups is 1. The van der Waals surface area contributed by atoms with Gasteiger partial charge in [0.25, 0.3) is 0 Å². The van der Waals surface area contributed by atoms with Crippen LogP contribution in [0.2, 0.25) is 5.02 Å². The average Bonchev–Trinajstić information content (AvgIpc) is 2.70. The Morgan fingerprint density at radius 1 is 1.44 bits per heavy atom. The van der Waals surface area contributed by atoms with Gasteiger partial charge in [0.2, 0.25) is 0 Å². The zero-order valence-electron chi connectivity index (χ0n) is 8.34. The fourth-order valence-corrected chi connectivity index (χ4v) is 1.82. The van der Waals surface area contributed by atoms with Gasteiger partial charge in [-0.05, 0) is 23.8 Å². The highest BCUT2D eigenvalue weighted by atomic mass is 35.5. The van der Waals surface area contributed by atoms with Crippen LogP contribution in [0.4, 0.5) is 0 Å². The molecule has 0 fully saturated rings. The normalized spacial score (nSPS) is 11.4. The molecule has 2 aromatic rings. The summed E-state index contributed by atoms with van der Waals surface area (Å²) in [4.78, 5) is 14.1. The summed E-state index contributed by atoms with van der Waals surface area (Å²) in [5.41, 5.74) is 1.80. The molecule has 0 saturated heterocycles. The van der Waals surface area contributed by atoms with Gasteiger partial charge in [0.15, 0.2) is 5.78 Å². The first-order valence-corrected chi connectivity index (χ1v) is 5.66. The highest BCUT2D eigenvalue weighted by Gasteiger charge is 2.03. The second-order valence-electron chi connectivity index (χ2n) is 3.34. The Morgan fingerprint density at radius 2 is 2.25 bits per heavy atom. The molecule has 0 aliphatic heterocycles. The lowest BCUT2D eigenvalue weighted by Gasteiger charge is -1.93. The second-order valence-corrected chi connectivity index (χ2v) is 4.01. The fraction of sp³-hybridized carbons (Fsp3) is 0.0833.